The van der Waals surface area contributed by atoms with Crippen molar-refractivity contribution in [1.82, 2.24) is 15.0 Å². The Hall–Kier alpha value is -0.780. The van der Waals surface area contributed by atoms with Gasteiger partial charge in [-0.2, -0.15) is 0 Å². The molecule has 7 heteroatoms. The maximum atomic E-state index is 6.01. The second-order valence-electron chi connectivity index (χ2n) is 3.84. The van der Waals surface area contributed by atoms with Gasteiger partial charge in [0.2, 0.25) is 0 Å². The number of aryl methyl sites for hydroxylation is 1. The molecule has 2 rings (SSSR count). The minimum absolute atomic E-state index is 0.471. The van der Waals surface area contributed by atoms with Crippen LogP contribution in [0.15, 0.2) is 24.4 Å². The molecule has 19 heavy (non-hydrogen) atoms. The standard InChI is InChI=1S/C12H12BrCl2N3O/c13-4-3-10-8-18(17-16-10)5-6-19-12-2-1-9(14)7-11(12)15/h1-2,7-8H,3-6H2. The molecule has 0 radical (unpaired) electrons. The molecule has 0 N–H and O–H groups in total. The molecule has 1 heterocycles. The van der Waals surface area contributed by atoms with E-state index in [1.54, 1.807) is 22.9 Å². The Labute approximate surface area is 129 Å². The van der Waals surface area contributed by atoms with E-state index in [2.05, 4.69) is 26.2 Å². The third-order valence-corrected chi connectivity index (χ3v) is 3.34. The smallest absolute Gasteiger partial charge is 0.138 e. The Morgan fingerprint density at radius 2 is 2.16 bits per heavy atom. The number of hydrogen-bond acceptors (Lipinski definition) is 3. The maximum Gasteiger partial charge on any atom is 0.138 e. The minimum Gasteiger partial charge on any atom is -0.490 e. The van der Waals surface area contributed by atoms with Crippen LogP contribution in [0.4, 0.5) is 0 Å². The molecule has 0 aliphatic heterocycles. The van der Waals surface area contributed by atoms with Crippen LogP contribution in [0.1, 0.15) is 5.69 Å². The van der Waals surface area contributed by atoms with Gasteiger partial charge < -0.3 is 4.74 Å². The van der Waals surface area contributed by atoms with E-state index in [1.165, 1.54) is 0 Å². The van der Waals surface area contributed by atoms with Crippen LogP contribution in [0.25, 0.3) is 0 Å². The second-order valence-corrected chi connectivity index (χ2v) is 5.47. The van der Waals surface area contributed by atoms with Gasteiger partial charge in [-0.05, 0) is 18.2 Å². The van der Waals surface area contributed by atoms with E-state index in [0.29, 0.717) is 28.9 Å². The first-order valence-electron chi connectivity index (χ1n) is 5.72. The third-order valence-electron chi connectivity index (χ3n) is 2.41. The molecule has 1 aromatic heterocycles. The summed E-state index contributed by atoms with van der Waals surface area (Å²) in [6, 6.07) is 5.15. The summed E-state index contributed by atoms with van der Waals surface area (Å²) in [6.45, 7) is 1.09. The van der Waals surface area contributed by atoms with Gasteiger partial charge in [0.1, 0.15) is 12.4 Å². The van der Waals surface area contributed by atoms with Crippen LogP contribution in [-0.2, 0) is 13.0 Å². The van der Waals surface area contributed by atoms with Crippen LogP contribution in [0, 0.1) is 0 Å². The lowest BCUT2D eigenvalue weighted by molar-refractivity contribution is 0.290. The summed E-state index contributed by atoms with van der Waals surface area (Å²) < 4.78 is 7.33. The number of rotatable bonds is 6. The molecule has 1 aromatic carbocycles. The van der Waals surface area contributed by atoms with Crippen molar-refractivity contribution < 1.29 is 4.74 Å². The highest BCUT2D eigenvalue weighted by atomic mass is 79.9. The van der Waals surface area contributed by atoms with E-state index >= 15 is 0 Å². The average Bonchev–Trinajstić information content (AvgIpc) is 2.80. The van der Waals surface area contributed by atoms with Crippen molar-refractivity contribution >= 4 is 39.1 Å². The lowest BCUT2D eigenvalue weighted by Gasteiger charge is -2.07. The number of aromatic nitrogens is 3. The topological polar surface area (TPSA) is 39.9 Å². The van der Waals surface area contributed by atoms with Gasteiger partial charge in [0.15, 0.2) is 0 Å². The number of halogens is 3. The fourth-order valence-electron chi connectivity index (χ4n) is 1.50. The van der Waals surface area contributed by atoms with Gasteiger partial charge in [0.05, 0.1) is 17.3 Å². The van der Waals surface area contributed by atoms with E-state index in [-0.39, 0.29) is 0 Å². The Bertz CT molecular complexity index is 548. The van der Waals surface area contributed by atoms with Gasteiger partial charge in [-0.3, -0.25) is 0 Å². The Morgan fingerprint density at radius 3 is 2.89 bits per heavy atom. The SMILES string of the molecule is Clc1ccc(OCCn2cc(CCBr)nn2)c(Cl)c1. The van der Waals surface area contributed by atoms with Gasteiger partial charge in [-0.1, -0.05) is 44.3 Å². The van der Waals surface area contributed by atoms with Crippen LogP contribution in [0.5, 0.6) is 5.75 Å². The zero-order chi connectivity index (χ0) is 13.7. The number of benzene rings is 1. The summed E-state index contributed by atoms with van der Waals surface area (Å²) in [6.07, 6.45) is 2.78. The predicted molar refractivity (Wildman–Crippen MR) is 79.5 cm³/mol. The predicted octanol–water partition coefficient (Wildman–Crippen LogP) is 3.60. The largest absolute Gasteiger partial charge is 0.490 e. The van der Waals surface area contributed by atoms with Crippen LogP contribution >= 0.6 is 39.1 Å². The first kappa shape index (κ1) is 14.6. The fraction of sp³-hybridized carbons (Fsp3) is 0.333. The number of nitrogens with zero attached hydrogens (tertiary/aromatic N) is 3. The lowest BCUT2D eigenvalue weighted by Crippen LogP contribution is -2.09. The summed E-state index contributed by atoms with van der Waals surface area (Å²) in [5.74, 6) is 0.617. The van der Waals surface area contributed by atoms with Crippen LogP contribution in [0.3, 0.4) is 0 Å². The summed E-state index contributed by atoms with van der Waals surface area (Å²) in [7, 11) is 0. The quantitative estimate of drug-likeness (QED) is 0.735. The van der Waals surface area contributed by atoms with Crippen LogP contribution in [-0.4, -0.2) is 26.9 Å². The average molecular weight is 365 g/mol. The minimum atomic E-state index is 0.471. The molecule has 102 valence electrons. The highest BCUT2D eigenvalue weighted by Gasteiger charge is 2.03. The van der Waals surface area contributed by atoms with Gasteiger partial charge >= 0.3 is 0 Å². The molecule has 0 aliphatic rings. The van der Waals surface area contributed by atoms with E-state index < -0.39 is 0 Å². The molecule has 0 saturated carbocycles. The number of ether oxygens (including phenoxy) is 1. The number of alkyl halides is 1. The third kappa shape index (κ3) is 4.37. The molecular weight excluding hydrogens is 353 g/mol. The van der Waals surface area contributed by atoms with Crippen molar-refractivity contribution in [2.24, 2.45) is 0 Å². The second kappa shape index (κ2) is 7.12. The molecule has 0 aliphatic carbocycles. The summed E-state index contributed by atoms with van der Waals surface area (Å²) in [5.41, 5.74) is 0.960. The van der Waals surface area contributed by atoms with Gasteiger partial charge in [0.25, 0.3) is 0 Å². The summed E-state index contributed by atoms with van der Waals surface area (Å²) in [4.78, 5) is 0. The van der Waals surface area contributed by atoms with Crippen LogP contribution < -0.4 is 4.74 Å². The zero-order valence-electron chi connectivity index (χ0n) is 10.0. The Balaban J connectivity index is 1.85. The first-order chi connectivity index (χ1) is 9.19. The van der Waals surface area contributed by atoms with Crippen LogP contribution in [0.2, 0.25) is 10.0 Å². The van der Waals surface area contributed by atoms with Crippen molar-refractivity contribution in [3.63, 3.8) is 0 Å². The van der Waals surface area contributed by atoms with Crippen molar-refractivity contribution in [2.45, 2.75) is 13.0 Å². The molecule has 4 nitrogen and oxygen atoms in total. The molecule has 2 aromatic rings. The van der Waals surface area contributed by atoms with E-state index in [4.69, 9.17) is 27.9 Å². The molecule has 0 bridgehead atoms. The lowest BCUT2D eigenvalue weighted by atomic mass is 10.3. The van der Waals surface area contributed by atoms with E-state index in [0.717, 1.165) is 17.4 Å². The molecular formula is C12H12BrCl2N3O. The monoisotopic (exact) mass is 363 g/mol. The summed E-state index contributed by atoms with van der Waals surface area (Å²) in [5, 5.41) is 10.0. The maximum absolute atomic E-state index is 6.01. The Morgan fingerprint density at radius 1 is 1.32 bits per heavy atom. The Kier molecular flexibility index (Phi) is 5.48. The van der Waals surface area contributed by atoms with Crippen molar-refractivity contribution in [3.8, 4) is 5.75 Å². The first-order valence-corrected chi connectivity index (χ1v) is 7.59. The normalized spacial score (nSPS) is 10.7. The molecule has 0 amide bonds. The zero-order valence-corrected chi connectivity index (χ0v) is 13.1. The molecule has 0 atom stereocenters. The van der Waals surface area contributed by atoms with Crippen molar-refractivity contribution in [1.29, 1.82) is 0 Å². The van der Waals surface area contributed by atoms with E-state index in [1.807, 2.05) is 6.20 Å². The van der Waals surface area contributed by atoms with Gasteiger partial charge in [-0.25, -0.2) is 4.68 Å². The highest BCUT2D eigenvalue weighted by molar-refractivity contribution is 9.09. The number of hydrogen-bond donors (Lipinski definition) is 0. The molecule has 0 unspecified atom stereocenters. The molecule has 0 fully saturated rings. The van der Waals surface area contributed by atoms with E-state index in [9.17, 15) is 0 Å². The summed E-state index contributed by atoms with van der Waals surface area (Å²) >= 11 is 15.2. The fourth-order valence-corrected chi connectivity index (χ4v) is 2.37. The van der Waals surface area contributed by atoms with Gasteiger partial charge in [0, 0.05) is 23.0 Å². The van der Waals surface area contributed by atoms with Crippen molar-refractivity contribution in [3.05, 3.63) is 40.1 Å². The highest BCUT2D eigenvalue weighted by Crippen LogP contribution is 2.27. The van der Waals surface area contributed by atoms with Gasteiger partial charge in [-0.15, -0.1) is 5.10 Å². The van der Waals surface area contributed by atoms with Crippen molar-refractivity contribution in [2.75, 3.05) is 11.9 Å². The molecule has 0 saturated heterocycles. The molecule has 0 spiro atoms.